The standard InChI is InChI=1S/C45H49N5O9/c51-37-16-14-35(36-15-17-40(53)48-43(36)37)38(52)25-46-20-5-21-47-41(54)28-58-44(55)32-12-10-29(11-13-32)27-57-34-9-4-8-33(24-34)42(31-6-2-1-3-7-31)49-45(56)59-39-26-50-22-18-30(39)19-23-50/h1-4,6-17,24,30,38-39,42,46,51-52H,5,18-23,25-28H2,(H,47,54)(H,48,53)(H,49,56)/t38-,39-,42?/m0/s1. The first-order chi connectivity index (χ1) is 28.7. The van der Waals surface area contributed by atoms with Crippen molar-refractivity contribution in [2.75, 3.05) is 45.9 Å². The summed E-state index contributed by atoms with van der Waals surface area (Å²) >= 11 is 0. The second-order valence-electron chi connectivity index (χ2n) is 14.9. The van der Waals surface area contributed by atoms with Gasteiger partial charge in [0.1, 0.15) is 24.2 Å². The molecule has 3 aliphatic rings. The molecular weight excluding hydrogens is 755 g/mol. The van der Waals surface area contributed by atoms with Crippen LogP contribution in [0.2, 0.25) is 0 Å². The minimum atomic E-state index is -0.892. The number of benzene rings is 4. The lowest BCUT2D eigenvalue weighted by Crippen LogP contribution is -2.52. The summed E-state index contributed by atoms with van der Waals surface area (Å²) in [6.07, 6.45) is 1.23. The highest BCUT2D eigenvalue weighted by Crippen LogP contribution is 2.31. The first kappa shape index (κ1) is 41.0. The third-order valence-electron chi connectivity index (χ3n) is 10.8. The average Bonchev–Trinajstić information content (AvgIpc) is 3.26. The van der Waals surface area contributed by atoms with Crippen LogP contribution in [0, 0.1) is 5.92 Å². The Morgan fingerprint density at radius 3 is 2.42 bits per heavy atom. The highest BCUT2D eigenvalue weighted by atomic mass is 16.6. The lowest BCUT2D eigenvalue weighted by molar-refractivity contribution is -0.124. The molecule has 3 aliphatic heterocycles. The molecule has 0 spiro atoms. The zero-order valence-electron chi connectivity index (χ0n) is 32.6. The number of fused-ring (bicyclic) bond motifs is 4. The summed E-state index contributed by atoms with van der Waals surface area (Å²) in [6, 6.07) is 29.5. The summed E-state index contributed by atoms with van der Waals surface area (Å²) in [4.78, 5) is 54.8. The number of H-pyrrole nitrogens is 1. The normalized spacial score (nSPS) is 18.1. The van der Waals surface area contributed by atoms with E-state index in [1.165, 1.54) is 12.1 Å². The molecule has 14 nitrogen and oxygen atoms in total. The van der Waals surface area contributed by atoms with Crippen LogP contribution in [0.25, 0.3) is 10.9 Å². The maximum Gasteiger partial charge on any atom is 0.408 e. The van der Waals surface area contributed by atoms with Gasteiger partial charge < -0.3 is 45.4 Å². The number of amides is 2. The fourth-order valence-corrected chi connectivity index (χ4v) is 7.63. The summed E-state index contributed by atoms with van der Waals surface area (Å²) in [5.74, 6) is -0.131. The molecule has 4 heterocycles. The van der Waals surface area contributed by atoms with Crippen LogP contribution in [0.1, 0.15) is 64.0 Å². The molecule has 3 saturated heterocycles. The zero-order valence-corrected chi connectivity index (χ0v) is 32.6. The lowest BCUT2D eigenvalue weighted by atomic mass is 9.86. The Morgan fingerprint density at radius 2 is 1.66 bits per heavy atom. The number of nitrogens with one attached hydrogen (secondary N) is 4. The van der Waals surface area contributed by atoms with Crippen LogP contribution in [-0.2, 0) is 20.9 Å². The second-order valence-corrected chi connectivity index (χ2v) is 14.9. The number of aliphatic hydroxyl groups is 1. The predicted octanol–water partition coefficient (Wildman–Crippen LogP) is 4.71. The van der Waals surface area contributed by atoms with Crippen LogP contribution >= 0.6 is 0 Å². The number of piperidine rings is 3. The van der Waals surface area contributed by atoms with Crippen molar-refractivity contribution in [1.82, 2.24) is 25.8 Å². The number of aromatic nitrogens is 1. The van der Waals surface area contributed by atoms with Crippen LogP contribution in [-0.4, -0.2) is 90.0 Å². The molecule has 2 amide bonds. The highest BCUT2D eigenvalue weighted by molar-refractivity contribution is 5.91. The number of hydrogen-bond acceptors (Lipinski definition) is 11. The molecule has 4 aromatic carbocycles. The van der Waals surface area contributed by atoms with E-state index < -0.39 is 36.7 Å². The van der Waals surface area contributed by atoms with Gasteiger partial charge >= 0.3 is 12.1 Å². The summed E-state index contributed by atoms with van der Waals surface area (Å²) in [7, 11) is 0. The molecule has 1 unspecified atom stereocenters. The van der Waals surface area contributed by atoms with Gasteiger partial charge in [-0.3, -0.25) is 14.5 Å². The maximum absolute atomic E-state index is 13.2. The number of aromatic hydroxyl groups is 1. The SMILES string of the molecule is O=C(COC(=O)c1ccc(COc2cccc(C(NC(=O)O[C@H]3CN4CCC3CC4)c3ccccc3)c2)cc1)NCCCNC[C@H](O)c1ccc(O)c2[nH]c(=O)ccc12. The maximum atomic E-state index is 13.2. The Morgan fingerprint density at radius 1 is 0.881 bits per heavy atom. The molecule has 0 saturated carbocycles. The van der Waals surface area contributed by atoms with E-state index in [-0.39, 0.29) is 36.1 Å². The van der Waals surface area contributed by atoms with E-state index in [0.29, 0.717) is 47.7 Å². The van der Waals surface area contributed by atoms with Crippen LogP contribution in [0.3, 0.4) is 0 Å². The first-order valence-corrected chi connectivity index (χ1v) is 19.9. The van der Waals surface area contributed by atoms with E-state index in [1.807, 2.05) is 54.6 Å². The summed E-state index contributed by atoms with van der Waals surface area (Å²) < 4.78 is 17.3. The van der Waals surface area contributed by atoms with Gasteiger partial charge in [-0.05, 0) is 103 Å². The van der Waals surface area contributed by atoms with Crippen molar-refractivity contribution in [2.24, 2.45) is 5.92 Å². The van der Waals surface area contributed by atoms with Crippen molar-refractivity contribution in [3.63, 3.8) is 0 Å². The monoisotopic (exact) mass is 803 g/mol. The number of carbonyl (C=O) groups excluding carboxylic acids is 3. The number of rotatable bonds is 17. The van der Waals surface area contributed by atoms with Crippen molar-refractivity contribution in [1.29, 1.82) is 0 Å². The number of phenols is 1. The van der Waals surface area contributed by atoms with E-state index in [2.05, 4.69) is 25.8 Å². The molecule has 6 N–H and O–H groups in total. The van der Waals surface area contributed by atoms with Gasteiger partial charge in [0.05, 0.1) is 23.2 Å². The minimum Gasteiger partial charge on any atom is -0.506 e. The fraction of sp³-hybridized carbons (Fsp3) is 0.333. The van der Waals surface area contributed by atoms with Gasteiger partial charge in [-0.15, -0.1) is 0 Å². The Labute approximate surface area is 341 Å². The molecular formula is C45H49N5O9. The van der Waals surface area contributed by atoms with E-state index in [1.54, 1.807) is 36.4 Å². The molecule has 14 heteroatoms. The topological polar surface area (TPSA) is 192 Å². The predicted molar refractivity (Wildman–Crippen MR) is 220 cm³/mol. The molecule has 0 aliphatic carbocycles. The van der Waals surface area contributed by atoms with Crippen LogP contribution in [0.15, 0.2) is 108 Å². The number of hydrogen-bond donors (Lipinski definition) is 6. The van der Waals surface area contributed by atoms with Crippen LogP contribution < -0.4 is 26.2 Å². The Hall–Kier alpha value is -6.22. The van der Waals surface area contributed by atoms with Gasteiger partial charge in [-0.25, -0.2) is 9.59 Å². The average molecular weight is 804 g/mol. The molecule has 0 radical (unpaired) electrons. The van der Waals surface area contributed by atoms with E-state index in [4.69, 9.17) is 14.2 Å². The highest BCUT2D eigenvalue weighted by Gasteiger charge is 2.37. The molecule has 2 bridgehead atoms. The Kier molecular flexibility index (Phi) is 13.5. The summed E-state index contributed by atoms with van der Waals surface area (Å²) in [6.45, 7) is 3.75. The number of aromatic amines is 1. The largest absolute Gasteiger partial charge is 0.506 e. The number of ether oxygens (including phenoxy) is 3. The van der Waals surface area contributed by atoms with Gasteiger partial charge in [0.2, 0.25) is 5.56 Å². The number of aliphatic hydroxyl groups excluding tert-OH is 1. The third-order valence-corrected chi connectivity index (χ3v) is 10.8. The number of alkyl carbamates (subject to hydrolysis) is 1. The molecule has 5 aromatic rings. The van der Waals surface area contributed by atoms with E-state index >= 15 is 0 Å². The number of nitrogens with zero attached hydrogens (tertiary/aromatic N) is 1. The van der Waals surface area contributed by atoms with Gasteiger partial charge in [0.25, 0.3) is 5.91 Å². The lowest BCUT2D eigenvalue weighted by Gasteiger charge is -2.43. The van der Waals surface area contributed by atoms with Crippen molar-refractivity contribution in [3.8, 4) is 11.5 Å². The van der Waals surface area contributed by atoms with Crippen molar-refractivity contribution in [3.05, 3.63) is 141 Å². The number of carbonyl (C=O) groups is 3. The fourth-order valence-electron chi connectivity index (χ4n) is 7.63. The van der Waals surface area contributed by atoms with Gasteiger partial charge in [0.15, 0.2) is 6.61 Å². The summed E-state index contributed by atoms with van der Waals surface area (Å²) in [5.41, 5.74) is 3.34. The van der Waals surface area contributed by atoms with Crippen molar-refractivity contribution >= 4 is 28.9 Å². The van der Waals surface area contributed by atoms with E-state index in [9.17, 15) is 29.4 Å². The minimum absolute atomic E-state index is 0.0791. The number of pyridine rings is 1. The second kappa shape index (κ2) is 19.5. The van der Waals surface area contributed by atoms with Crippen molar-refractivity contribution < 1.29 is 38.8 Å². The number of phenolic OH excluding ortho intramolecular Hbond substituents is 1. The van der Waals surface area contributed by atoms with E-state index in [0.717, 1.165) is 49.2 Å². The first-order valence-electron chi connectivity index (χ1n) is 19.9. The summed E-state index contributed by atoms with van der Waals surface area (Å²) in [5, 5.41) is 30.2. The molecule has 1 aromatic heterocycles. The quantitative estimate of drug-likeness (QED) is 0.0564. The zero-order chi connectivity index (χ0) is 41.1. The van der Waals surface area contributed by atoms with Crippen molar-refractivity contribution in [2.45, 2.75) is 44.1 Å². The number of esters is 1. The van der Waals surface area contributed by atoms with Gasteiger partial charge in [-0.1, -0.05) is 60.7 Å². The molecule has 308 valence electrons. The molecule has 3 fully saturated rings. The Balaban J connectivity index is 0.823. The Bertz CT molecular complexity index is 2280. The third kappa shape index (κ3) is 10.8. The van der Waals surface area contributed by atoms with Gasteiger partial charge in [-0.2, -0.15) is 0 Å². The van der Waals surface area contributed by atoms with Gasteiger partial charge in [0, 0.05) is 31.1 Å². The molecule has 59 heavy (non-hydrogen) atoms. The van der Waals surface area contributed by atoms with Crippen LogP contribution in [0.4, 0.5) is 4.79 Å². The molecule has 3 atom stereocenters. The molecule has 8 rings (SSSR count). The smallest absolute Gasteiger partial charge is 0.408 e. The van der Waals surface area contributed by atoms with Crippen LogP contribution in [0.5, 0.6) is 11.5 Å².